The Hall–Kier alpha value is -2.31. The zero-order valence-electron chi connectivity index (χ0n) is 17.8. The molecule has 1 N–H and O–H groups in total. The van der Waals surface area contributed by atoms with Crippen LogP contribution in [-0.4, -0.2) is 18.1 Å². The molecule has 0 aliphatic rings. The highest BCUT2D eigenvalue weighted by Crippen LogP contribution is 2.34. The number of nitrogens with zero attached hydrogens (tertiary/aromatic N) is 1. The van der Waals surface area contributed by atoms with Crippen LogP contribution < -0.4 is 14.8 Å². The number of ether oxygens (including phenoxy) is 2. The van der Waals surface area contributed by atoms with Crippen LogP contribution >= 0.6 is 11.6 Å². The number of nitrogens with one attached hydrogen (secondary N) is 1. The molecule has 6 nitrogen and oxygen atoms in total. The van der Waals surface area contributed by atoms with Crippen molar-refractivity contribution in [1.29, 1.82) is 0 Å². The van der Waals surface area contributed by atoms with Gasteiger partial charge in [-0.25, -0.2) is 0 Å². The molecule has 2 aromatic rings. The Morgan fingerprint density at radius 3 is 2.37 bits per heavy atom. The highest BCUT2D eigenvalue weighted by molar-refractivity contribution is 6.31. The van der Waals surface area contributed by atoms with Gasteiger partial charge in [0, 0.05) is 29.8 Å². The second kappa shape index (κ2) is 13.1. The summed E-state index contributed by atoms with van der Waals surface area (Å²) in [4.78, 5) is 10.3. The second-order valence-corrected chi connectivity index (χ2v) is 7.53. The lowest BCUT2D eigenvalue weighted by molar-refractivity contribution is -0.384. The van der Waals surface area contributed by atoms with Crippen molar-refractivity contribution in [2.24, 2.45) is 0 Å². The van der Waals surface area contributed by atoms with E-state index in [9.17, 15) is 10.1 Å². The van der Waals surface area contributed by atoms with Crippen molar-refractivity contribution in [2.75, 3.05) is 13.2 Å². The lowest BCUT2D eigenvalue weighted by atomic mass is 10.1. The van der Waals surface area contributed by atoms with Crippen molar-refractivity contribution in [3.05, 3.63) is 62.7 Å². The number of benzene rings is 2. The molecule has 0 heterocycles. The van der Waals surface area contributed by atoms with Gasteiger partial charge in [0.2, 0.25) is 0 Å². The van der Waals surface area contributed by atoms with E-state index in [1.165, 1.54) is 37.8 Å². The van der Waals surface area contributed by atoms with Gasteiger partial charge in [0.15, 0.2) is 11.5 Å². The fraction of sp³-hybridized carbons (Fsp3) is 0.478. The van der Waals surface area contributed by atoms with Crippen LogP contribution in [0.1, 0.15) is 57.1 Å². The minimum atomic E-state index is -0.421. The number of halogens is 1. The molecule has 0 saturated heterocycles. The monoisotopic (exact) mass is 434 g/mol. The maximum absolute atomic E-state index is 10.8. The van der Waals surface area contributed by atoms with E-state index in [1.807, 2.05) is 13.0 Å². The predicted molar refractivity (Wildman–Crippen MR) is 121 cm³/mol. The lowest BCUT2D eigenvalue weighted by Crippen LogP contribution is -2.15. The summed E-state index contributed by atoms with van der Waals surface area (Å²) in [6, 6.07) is 9.98. The van der Waals surface area contributed by atoms with Crippen molar-refractivity contribution in [3.8, 4) is 11.5 Å². The van der Waals surface area contributed by atoms with Crippen LogP contribution in [0.2, 0.25) is 5.02 Å². The number of non-ortho nitro benzene ring substituents is 1. The number of hydrogen-bond acceptors (Lipinski definition) is 5. The van der Waals surface area contributed by atoms with Gasteiger partial charge in [-0.2, -0.15) is 0 Å². The summed E-state index contributed by atoms with van der Waals surface area (Å²) in [6.45, 7) is 6.56. The van der Waals surface area contributed by atoms with Gasteiger partial charge < -0.3 is 14.8 Å². The molecular formula is C23H31ClN2O4. The predicted octanol–water partition coefficient (Wildman–Crippen LogP) is 6.29. The van der Waals surface area contributed by atoms with Crippen LogP contribution in [0.3, 0.4) is 0 Å². The van der Waals surface area contributed by atoms with Gasteiger partial charge in [0.05, 0.1) is 11.5 Å². The average molecular weight is 435 g/mol. The van der Waals surface area contributed by atoms with Crippen molar-refractivity contribution in [1.82, 2.24) is 5.32 Å². The summed E-state index contributed by atoms with van der Waals surface area (Å²) < 4.78 is 11.6. The molecule has 0 aromatic heterocycles. The molecule has 0 fully saturated rings. The van der Waals surface area contributed by atoms with Gasteiger partial charge in [-0.3, -0.25) is 10.1 Å². The molecule has 7 heteroatoms. The van der Waals surface area contributed by atoms with Gasteiger partial charge in [-0.1, -0.05) is 44.2 Å². The first-order chi connectivity index (χ1) is 14.5. The number of rotatable bonds is 14. The highest BCUT2D eigenvalue weighted by atomic mass is 35.5. The van der Waals surface area contributed by atoms with Crippen LogP contribution in [0.25, 0.3) is 0 Å². The van der Waals surface area contributed by atoms with Crippen LogP contribution in [0.5, 0.6) is 11.5 Å². The van der Waals surface area contributed by atoms with E-state index >= 15 is 0 Å². The average Bonchev–Trinajstić information content (AvgIpc) is 2.74. The first-order valence-corrected chi connectivity index (χ1v) is 10.9. The first-order valence-electron chi connectivity index (χ1n) is 10.6. The van der Waals surface area contributed by atoms with Crippen LogP contribution in [0, 0.1) is 10.1 Å². The first kappa shape index (κ1) is 24.0. The van der Waals surface area contributed by atoms with E-state index in [1.54, 1.807) is 18.2 Å². The molecular weight excluding hydrogens is 404 g/mol. The van der Waals surface area contributed by atoms with E-state index in [0.29, 0.717) is 29.7 Å². The van der Waals surface area contributed by atoms with E-state index in [-0.39, 0.29) is 12.3 Å². The summed E-state index contributed by atoms with van der Waals surface area (Å²) in [7, 11) is 0. The van der Waals surface area contributed by atoms with Crippen molar-refractivity contribution < 1.29 is 14.4 Å². The zero-order chi connectivity index (χ0) is 21.8. The standard InChI is InChI=1S/C23H31ClN2O4/c1-3-5-6-7-8-13-25-16-19-14-22(29-4-2)23(15-21(19)24)30-17-18-9-11-20(12-10-18)26(27)28/h9-12,14-15,25H,3-8,13,16-17H2,1-2H3. The summed E-state index contributed by atoms with van der Waals surface area (Å²) in [5.41, 5.74) is 1.85. The fourth-order valence-electron chi connectivity index (χ4n) is 3.05. The van der Waals surface area contributed by atoms with E-state index < -0.39 is 4.92 Å². The van der Waals surface area contributed by atoms with Gasteiger partial charge >= 0.3 is 0 Å². The molecule has 0 atom stereocenters. The minimum Gasteiger partial charge on any atom is -0.490 e. The number of hydrogen-bond donors (Lipinski definition) is 1. The largest absolute Gasteiger partial charge is 0.490 e. The second-order valence-electron chi connectivity index (χ2n) is 7.13. The Morgan fingerprint density at radius 2 is 1.70 bits per heavy atom. The van der Waals surface area contributed by atoms with E-state index in [0.717, 1.165) is 24.1 Å². The minimum absolute atomic E-state index is 0.0546. The fourth-order valence-corrected chi connectivity index (χ4v) is 3.27. The van der Waals surface area contributed by atoms with Gasteiger partial charge in [-0.05, 0) is 49.2 Å². The third-order valence-corrected chi connectivity index (χ3v) is 5.08. The highest BCUT2D eigenvalue weighted by Gasteiger charge is 2.12. The van der Waals surface area contributed by atoms with Crippen molar-refractivity contribution >= 4 is 17.3 Å². The van der Waals surface area contributed by atoms with Gasteiger partial charge in [0.25, 0.3) is 5.69 Å². The molecule has 2 aromatic carbocycles. The molecule has 2 rings (SSSR count). The Bertz CT molecular complexity index is 797. The quantitative estimate of drug-likeness (QED) is 0.215. The molecule has 0 saturated carbocycles. The lowest BCUT2D eigenvalue weighted by Gasteiger charge is -2.15. The molecule has 0 unspecified atom stereocenters. The molecule has 0 bridgehead atoms. The maximum atomic E-state index is 10.8. The maximum Gasteiger partial charge on any atom is 0.269 e. The topological polar surface area (TPSA) is 73.6 Å². The van der Waals surface area contributed by atoms with Crippen molar-refractivity contribution in [3.63, 3.8) is 0 Å². The number of nitro groups is 1. The van der Waals surface area contributed by atoms with Crippen LogP contribution in [-0.2, 0) is 13.2 Å². The molecule has 0 aliphatic heterocycles. The summed E-state index contributed by atoms with van der Waals surface area (Å²) >= 11 is 6.47. The normalized spacial score (nSPS) is 10.8. The Kier molecular flexibility index (Phi) is 10.5. The van der Waals surface area contributed by atoms with E-state index in [2.05, 4.69) is 12.2 Å². The van der Waals surface area contributed by atoms with E-state index in [4.69, 9.17) is 21.1 Å². The molecule has 30 heavy (non-hydrogen) atoms. The number of unbranched alkanes of at least 4 members (excludes halogenated alkanes) is 4. The molecule has 0 spiro atoms. The molecule has 0 aliphatic carbocycles. The Balaban J connectivity index is 1.95. The smallest absolute Gasteiger partial charge is 0.269 e. The summed E-state index contributed by atoms with van der Waals surface area (Å²) in [5.74, 6) is 1.20. The summed E-state index contributed by atoms with van der Waals surface area (Å²) in [6.07, 6.45) is 6.24. The Labute approximate surface area is 183 Å². The molecule has 0 radical (unpaired) electrons. The Morgan fingerprint density at radius 1 is 1.00 bits per heavy atom. The SMILES string of the molecule is CCCCCCCNCc1cc(OCC)c(OCc2ccc([N+](=O)[O-])cc2)cc1Cl. The zero-order valence-corrected chi connectivity index (χ0v) is 18.5. The van der Waals surface area contributed by atoms with Gasteiger partial charge in [0.1, 0.15) is 6.61 Å². The summed E-state index contributed by atoms with van der Waals surface area (Å²) in [5, 5.41) is 14.8. The number of nitro benzene ring substituents is 1. The third kappa shape index (κ3) is 7.84. The molecule has 164 valence electrons. The molecule has 0 amide bonds. The van der Waals surface area contributed by atoms with Crippen LogP contribution in [0.15, 0.2) is 36.4 Å². The van der Waals surface area contributed by atoms with Crippen molar-refractivity contribution in [2.45, 2.75) is 59.1 Å². The third-order valence-electron chi connectivity index (χ3n) is 4.73. The van der Waals surface area contributed by atoms with Gasteiger partial charge in [-0.15, -0.1) is 0 Å². The van der Waals surface area contributed by atoms with Crippen LogP contribution in [0.4, 0.5) is 5.69 Å².